The van der Waals surface area contributed by atoms with Crippen molar-refractivity contribution in [1.82, 2.24) is 4.90 Å². The molecule has 102 valence electrons. The molecule has 1 heterocycles. The van der Waals surface area contributed by atoms with Gasteiger partial charge in [-0.05, 0) is 26.0 Å². The smallest absolute Gasteiger partial charge is 0.167 e. The highest BCUT2D eigenvalue weighted by atomic mass is 16.3. The van der Waals surface area contributed by atoms with Crippen LogP contribution in [-0.4, -0.2) is 46.1 Å². The molecule has 0 aliphatic carbocycles. The van der Waals surface area contributed by atoms with Gasteiger partial charge >= 0.3 is 0 Å². The molecule has 0 fully saturated rings. The lowest BCUT2D eigenvalue weighted by molar-refractivity contribution is 0.101. The van der Waals surface area contributed by atoms with E-state index in [9.17, 15) is 20.1 Å². The molecule has 2 rings (SSSR count). The molecule has 0 bridgehead atoms. The van der Waals surface area contributed by atoms with E-state index in [0.717, 1.165) is 18.2 Å². The number of hydrogen-bond donors (Lipinski definition) is 3. The van der Waals surface area contributed by atoms with Crippen LogP contribution in [0.2, 0.25) is 0 Å². The highest BCUT2D eigenvalue weighted by molar-refractivity contribution is 6.01. The lowest BCUT2D eigenvalue weighted by Gasteiger charge is -2.23. The minimum absolute atomic E-state index is 0.146. The molecule has 0 spiro atoms. The fourth-order valence-corrected chi connectivity index (χ4v) is 2.30. The summed E-state index contributed by atoms with van der Waals surface area (Å²) in [5.41, 5.74) is 0.888. The molecule has 0 radical (unpaired) electrons. The van der Waals surface area contributed by atoms with Crippen LogP contribution in [0.3, 0.4) is 0 Å². The highest BCUT2D eigenvalue weighted by Gasteiger charge is 2.23. The van der Waals surface area contributed by atoms with Gasteiger partial charge in [-0.25, -0.2) is 0 Å². The monoisotopic (exact) mass is 263 g/mol. The summed E-state index contributed by atoms with van der Waals surface area (Å²) in [4.78, 5) is 13.6. The molecule has 1 aromatic carbocycles. The van der Waals surface area contributed by atoms with E-state index in [1.165, 1.54) is 6.92 Å². The zero-order valence-corrected chi connectivity index (χ0v) is 11.0. The summed E-state index contributed by atoms with van der Waals surface area (Å²) >= 11 is 0. The maximum atomic E-state index is 11.5. The van der Waals surface area contributed by atoms with E-state index in [0.29, 0.717) is 13.0 Å². The fourth-order valence-electron chi connectivity index (χ4n) is 2.30. The van der Waals surface area contributed by atoms with E-state index in [1.807, 2.05) is 13.1 Å². The second-order valence-electron chi connectivity index (χ2n) is 4.81. The SMILES string of the molecule is CC(=O)c1c(O)cc(O)c(C2=CCN(C)CC2)c1O. The Morgan fingerprint density at radius 3 is 2.47 bits per heavy atom. The van der Waals surface area contributed by atoms with Crippen molar-refractivity contribution in [3.05, 3.63) is 23.3 Å². The van der Waals surface area contributed by atoms with Crippen molar-refractivity contribution in [2.45, 2.75) is 13.3 Å². The predicted molar refractivity (Wildman–Crippen MR) is 71.5 cm³/mol. The normalized spacial score (nSPS) is 16.2. The summed E-state index contributed by atoms with van der Waals surface area (Å²) in [6.07, 6.45) is 2.57. The molecule has 0 saturated carbocycles. The molecule has 19 heavy (non-hydrogen) atoms. The molecule has 0 aromatic heterocycles. The summed E-state index contributed by atoms with van der Waals surface area (Å²) < 4.78 is 0. The number of nitrogens with zero attached hydrogens (tertiary/aromatic N) is 1. The van der Waals surface area contributed by atoms with Crippen LogP contribution in [0.15, 0.2) is 12.1 Å². The molecule has 1 aromatic rings. The Morgan fingerprint density at radius 1 is 1.26 bits per heavy atom. The second kappa shape index (κ2) is 4.93. The summed E-state index contributed by atoms with van der Waals surface area (Å²) in [6.45, 7) is 2.78. The number of carbonyl (C=O) groups excluding carboxylic acids is 1. The third kappa shape index (κ3) is 2.42. The average molecular weight is 263 g/mol. The molecular weight excluding hydrogens is 246 g/mol. The number of phenolic OH excluding ortho intramolecular Hbond substituents is 3. The van der Waals surface area contributed by atoms with Crippen molar-refractivity contribution in [3.8, 4) is 17.2 Å². The van der Waals surface area contributed by atoms with E-state index in [1.54, 1.807) is 0 Å². The highest BCUT2D eigenvalue weighted by Crippen LogP contribution is 2.42. The maximum absolute atomic E-state index is 11.5. The van der Waals surface area contributed by atoms with Gasteiger partial charge in [-0.3, -0.25) is 4.79 Å². The second-order valence-corrected chi connectivity index (χ2v) is 4.81. The Morgan fingerprint density at radius 2 is 1.95 bits per heavy atom. The number of aromatic hydroxyl groups is 3. The molecule has 1 aliphatic heterocycles. The number of carbonyl (C=O) groups is 1. The number of rotatable bonds is 2. The fraction of sp³-hybridized carbons (Fsp3) is 0.357. The van der Waals surface area contributed by atoms with Gasteiger partial charge in [0.15, 0.2) is 5.78 Å². The zero-order chi connectivity index (χ0) is 14.2. The molecular formula is C14H17NO4. The van der Waals surface area contributed by atoms with E-state index >= 15 is 0 Å². The minimum atomic E-state index is -0.440. The van der Waals surface area contributed by atoms with Crippen LogP contribution in [0, 0.1) is 0 Å². The van der Waals surface area contributed by atoms with Gasteiger partial charge in [0.1, 0.15) is 22.8 Å². The van der Waals surface area contributed by atoms with E-state index in [4.69, 9.17) is 0 Å². The van der Waals surface area contributed by atoms with E-state index < -0.39 is 11.5 Å². The van der Waals surface area contributed by atoms with Crippen LogP contribution in [0.4, 0.5) is 0 Å². The topological polar surface area (TPSA) is 81.0 Å². The molecule has 0 saturated heterocycles. The first-order valence-electron chi connectivity index (χ1n) is 6.08. The first-order chi connectivity index (χ1) is 8.91. The molecule has 3 N–H and O–H groups in total. The lowest BCUT2D eigenvalue weighted by atomic mass is 9.94. The number of hydrogen-bond acceptors (Lipinski definition) is 5. The largest absolute Gasteiger partial charge is 0.507 e. The van der Waals surface area contributed by atoms with Gasteiger partial charge in [0, 0.05) is 19.2 Å². The van der Waals surface area contributed by atoms with Crippen molar-refractivity contribution in [1.29, 1.82) is 0 Å². The molecule has 0 amide bonds. The molecule has 5 nitrogen and oxygen atoms in total. The minimum Gasteiger partial charge on any atom is -0.507 e. The molecule has 0 unspecified atom stereocenters. The van der Waals surface area contributed by atoms with Crippen LogP contribution in [-0.2, 0) is 0 Å². The first-order valence-corrected chi connectivity index (χ1v) is 6.08. The number of phenols is 3. The van der Waals surface area contributed by atoms with E-state index in [2.05, 4.69) is 4.90 Å². The Balaban J connectivity index is 2.58. The van der Waals surface area contributed by atoms with Gasteiger partial charge < -0.3 is 20.2 Å². The van der Waals surface area contributed by atoms with Crippen LogP contribution >= 0.6 is 0 Å². The molecule has 5 heteroatoms. The Labute approximate surface area is 111 Å². The summed E-state index contributed by atoms with van der Waals surface area (Å²) in [7, 11) is 1.98. The summed E-state index contributed by atoms with van der Waals surface area (Å²) in [5.74, 6) is -1.40. The summed E-state index contributed by atoms with van der Waals surface area (Å²) in [6, 6.07) is 1.10. The van der Waals surface area contributed by atoms with Gasteiger partial charge in [-0.15, -0.1) is 0 Å². The van der Waals surface area contributed by atoms with Crippen molar-refractivity contribution in [3.63, 3.8) is 0 Å². The standard InChI is InChI=1S/C14H17NO4/c1-8(16)12-10(17)7-11(18)13(14(12)19)9-3-5-15(2)6-4-9/h3,7,17-19H,4-6H2,1-2H3. The van der Waals surface area contributed by atoms with Crippen molar-refractivity contribution in [2.75, 3.05) is 20.1 Å². The van der Waals surface area contributed by atoms with Crippen LogP contribution in [0.25, 0.3) is 5.57 Å². The van der Waals surface area contributed by atoms with Crippen molar-refractivity contribution < 1.29 is 20.1 Å². The summed E-state index contributed by atoms with van der Waals surface area (Å²) in [5, 5.41) is 29.7. The van der Waals surface area contributed by atoms with Crippen molar-refractivity contribution >= 4 is 11.4 Å². The van der Waals surface area contributed by atoms with Gasteiger partial charge in [-0.1, -0.05) is 6.08 Å². The first kappa shape index (κ1) is 13.4. The molecule has 0 atom stereocenters. The van der Waals surface area contributed by atoms with Crippen LogP contribution in [0.5, 0.6) is 17.2 Å². The number of Topliss-reactive ketones (excluding diaryl/α,β-unsaturated/α-hetero) is 1. The van der Waals surface area contributed by atoms with Crippen LogP contribution < -0.4 is 0 Å². The number of likely N-dealkylation sites (N-methyl/N-ethyl adjacent to an activating group) is 1. The third-order valence-electron chi connectivity index (χ3n) is 3.34. The lowest BCUT2D eigenvalue weighted by Crippen LogP contribution is -2.23. The van der Waals surface area contributed by atoms with Gasteiger partial charge in [0.05, 0.1) is 5.56 Å². The predicted octanol–water partition coefficient (Wildman–Crippen LogP) is 1.72. The zero-order valence-electron chi connectivity index (χ0n) is 11.0. The van der Waals surface area contributed by atoms with E-state index in [-0.39, 0.29) is 22.6 Å². The van der Waals surface area contributed by atoms with Gasteiger partial charge in [0.2, 0.25) is 0 Å². The average Bonchev–Trinajstić information content (AvgIpc) is 2.30. The third-order valence-corrected chi connectivity index (χ3v) is 3.34. The quantitative estimate of drug-likeness (QED) is 0.708. The van der Waals surface area contributed by atoms with Gasteiger partial charge in [-0.2, -0.15) is 0 Å². The Bertz CT molecular complexity index is 563. The van der Waals surface area contributed by atoms with Crippen molar-refractivity contribution in [2.24, 2.45) is 0 Å². The maximum Gasteiger partial charge on any atom is 0.167 e. The van der Waals surface area contributed by atoms with Crippen LogP contribution in [0.1, 0.15) is 29.3 Å². The van der Waals surface area contributed by atoms with Gasteiger partial charge in [0.25, 0.3) is 0 Å². The molecule has 1 aliphatic rings. The number of ketones is 1. The Hall–Kier alpha value is -2.01. The Kier molecular flexibility index (Phi) is 3.48. The number of benzene rings is 1.